The summed E-state index contributed by atoms with van der Waals surface area (Å²) in [5.74, 6) is 0.544. The van der Waals surface area contributed by atoms with Crippen LogP contribution < -0.4 is 9.47 Å². The van der Waals surface area contributed by atoms with Gasteiger partial charge in [0.15, 0.2) is 0 Å². The van der Waals surface area contributed by atoms with E-state index >= 15 is 0 Å². The Morgan fingerprint density at radius 2 is 1.86 bits per heavy atom. The van der Waals surface area contributed by atoms with Crippen LogP contribution in [0.1, 0.15) is 24.0 Å². The normalized spacial score (nSPS) is 10.9. The van der Waals surface area contributed by atoms with Crippen molar-refractivity contribution in [2.45, 2.75) is 19.4 Å². The van der Waals surface area contributed by atoms with Crippen molar-refractivity contribution < 1.29 is 19.4 Å². The van der Waals surface area contributed by atoms with Crippen molar-refractivity contribution in [3.63, 3.8) is 0 Å². The fraction of sp³-hybridized carbons (Fsp3) is 0.217. The number of aromatic nitrogens is 2. The fourth-order valence-corrected chi connectivity index (χ4v) is 2.78. The lowest BCUT2D eigenvalue weighted by Gasteiger charge is -2.12. The van der Waals surface area contributed by atoms with E-state index in [1.54, 1.807) is 18.6 Å². The highest BCUT2D eigenvalue weighted by atomic mass is 16.5. The number of ether oxygens (including phenoxy) is 2. The topological polar surface area (TPSA) is 73.6 Å². The maximum absolute atomic E-state index is 10.9. The molecule has 0 aliphatic heterocycles. The summed E-state index contributed by atoms with van der Waals surface area (Å²) in [6.07, 6.45) is 9.75. The molecule has 6 heteroatoms. The zero-order valence-corrected chi connectivity index (χ0v) is 16.1. The molecule has 0 saturated carbocycles. The van der Waals surface area contributed by atoms with Crippen molar-refractivity contribution in [1.82, 2.24) is 9.55 Å². The van der Waals surface area contributed by atoms with Crippen LogP contribution in [0.2, 0.25) is 0 Å². The SMILES string of the molecule is O=C(O)C=Cc1ccc(Cn2ccnc2)cc1OCCCCOc1ccccc1. The molecule has 29 heavy (non-hydrogen) atoms. The molecule has 1 heterocycles. The monoisotopic (exact) mass is 392 g/mol. The highest BCUT2D eigenvalue weighted by Gasteiger charge is 2.05. The number of benzene rings is 2. The van der Waals surface area contributed by atoms with Crippen LogP contribution in [0.3, 0.4) is 0 Å². The minimum atomic E-state index is -0.989. The Kier molecular flexibility index (Phi) is 7.46. The number of hydrogen-bond donors (Lipinski definition) is 1. The van der Waals surface area contributed by atoms with E-state index < -0.39 is 5.97 Å². The molecule has 1 aromatic heterocycles. The highest BCUT2D eigenvalue weighted by molar-refractivity contribution is 5.85. The van der Waals surface area contributed by atoms with E-state index in [4.69, 9.17) is 14.6 Å². The summed E-state index contributed by atoms with van der Waals surface area (Å²) in [4.78, 5) is 14.9. The second-order valence-electron chi connectivity index (χ2n) is 6.50. The number of carbonyl (C=O) groups is 1. The number of imidazole rings is 1. The summed E-state index contributed by atoms with van der Waals surface area (Å²) in [6, 6.07) is 15.5. The third-order valence-corrected chi connectivity index (χ3v) is 4.22. The summed E-state index contributed by atoms with van der Waals surface area (Å²) in [7, 11) is 0. The molecule has 0 unspecified atom stereocenters. The molecular formula is C23H24N2O4. The van der Waals surface area contributed by atoms with E-state index in [9.17, 15) is 4.79 Å². The Labute approximate surface area is 170 Å². The van der Waals surface area contributed by atoms with Crippen molar-refractivity contribution in [2.24, 2.45) is 0 Å². The Bertz CT molecular complexity index is 921. The average Bonchev–Trinajstić information content (AvgIpc) is 3.23. The van der Waals surface area contributed by atoms with Crippen molar-refractivity contribution in [1.29, 1.82) is 0 Å². The molecule has 0 radical (unpaired) electrons. The Morgan fingerprint density at radius 3 is 2.59 bits per heavy atom. The first kappa shape index (κ1) is 20.2. The lowest BCUT2D eigenvalue weighted by Crippen LogP contribution is -2.04. The summed E-state index contributed by atoms with van der Waals surface area (Å²) in [6.45, 7) is 1.82. The average molecular weight is 392 g/mol. The first-order chi connectivity index (χ1) is 14.2. The molecule has 0 spiro atoms. The molecule has 3 rings (SSSR count). The predicted octanol–water partition coefficient (Wildman–Crippen LogP) is 4.27. The van der Waals surface area contributed by atoms with Crippen molar-refractivity contribution in [3.8, 4) is 11.5 Å². The number of aliphatic carboxylic acids is 1. The van der Waals surface area contributed by atoms with Gasteiger partial charge in [-0.05, 0) is 42.7 Å². The molecule has 0 aliphatic rings. The molecule has 0 saturated heterocycles. The third kappa shape index (κ3) is 6.84. The van der Waals surface area contributed by atoms with Crippen LogP contribution in [-0.2, 0) is 11.3 Å². The molecule has 3 aromatic rings. The number of unbranched alkanes of at least 4 members (excludes halogenated alkanes) is 1. The molecule has 0 bridgehead atoms. The van der Waals surface area contributed by atoms with Crippen LogP contribution in [0.5, 0.6) is 11.5 Å². The number of para-hydroxylation sites is 1. The zero-order chi connectivity index (χ0) is 20.3. The largest absolute Gasteiger partial charge is 0.494 e. The van der Waals surface area contributed by atoms with Crippen LogP contribution in [0.15, 0.2) is 73.3 Å². The molecule has 0 fully saturated rings. The van der Waals surface area contributed by atoms with Crippen LogP contribution in [-0.4, -0.2) is 33.8 Å². The van der Waals surface area contributed by atoms with Gasteiger partial charge in [-0.3, -0.25) is 0 Å². The van der Waals surface area contributed by atoms with Crippen LogP contribution in [0, 0.1) is 0 Å². The van der Waals surface area contributed by atoms with Gasteiger partial charge < -0.3 is 19.1 Å². The Morgan fingerprint density at radius 1 is 1.07 bits per heavy atom. The van der Waals surface area contributed by atoms with Gasteiger partial charge in [-0.15, -0.1) is 0 Å². The summed E-state index contributed by atoms with van der Waals surface area (Å²) < 4.78 is 13.6. The lowest BCUT2D eigenvalue weighted by molar-refractivity contribution is -0.131. The Balaban J connectivity index is 1.55. The van der Waals surface area contributed by atoms with E-state index in [1.807, 2.05) is 59.3 Å². The number of hydrogen-bond acceptors (Lipinski definition) is 4. The second kappa shape index (κ2) is 10.7. The molecule has 0 atom stereocenters. The van der Waals surface area contributed by atoms with Gasteiger partial charge in [0.2, 0.25) is 0 Å². The van der Waals surface area contributed by atoms with Crippen molar-refractivity contribution in [3.05, 3.63) is 84.5 Å². The summed E-state index contributed by atoms with van der Waals surface area (Å²) >= 11 is 0. The van der Waals surface area contributed by atoms with Crippen LogP contribution in [0.4, 0.5) is 0 Å². The van der Waals surface area contributed by atoms with Crippen LogP contribution in [0.25, 0.3) is 6.08 Å². The van der Waals surface area contributed by atoms with E-state index in [-0.39, 0.29) is 0 Å². The third-order valence-electron chi connectivity index (χ3n) is 4.22. The number of carboxylic acids is 1. The standard InChI is InChI=1S/C23H24N2O4/c26-23(27)11-10-20-9-8-19(17-25-13-12-24-18-25)16-22(20)29-15-5-4-14-28-21-6-2-1-3-7-21/h1-3,6-13,16,18H,4-5,14-15,17H2,(H,26,27). The van der Waals surface area contributed by atoms with E-state index in [1.165, 1.54) is 0 Å². The quantitative estimate of drug-likeness (QED) is 0.390. The molecule has 2 aromatic carbocycles. The van der Waals surface area contributed by atoms with Gasteiger partial charge in [-0.1, -0.05) is 30.3 Å². The maximum atomic E-state index is 10.9. The molecule has 6 nitrogen and oxygen atoms in total. The minimum Gasteiger partial charge on any atom is -0.494 e. The summed E-state index contributed by atoms with van der Waals surface area (Å²) in [5.41, 5.74) is 1.79. The molecular weight excluding hydrogens is 368 g/mol. The zero-order valence-electron chi connectivity index (χ0n) is 16.1. The van der Waals surface area contributed by atoms with Gasteiger partial charge in [0.1, 0.15) is 11.5 Å². The van der Waals surface area contributed by atoms with E-state index in [0.717, 1.165) is 35.8 Å². The van der Waals surface area contributed by atoms with Gasteiger partial charge in [-0.2, -0.15) is 0 Å². The molecule has 1 N–H and O–H groups in total. The van der Waals surface area contributed by atoms with Gasteiger partial charge in [-0.25, -0.2) is 9.78 Å². The van der Waals surface area contributed by atoms with E-state index in [2.05, 4.69) is 4.98 Å². The Hall–Kier alpha value is -3.54. The van der Waals surface area contributed by atoms with Gasteiger partial charge in [0.25, 0.3) is 0 Å². The number of rotatable bonds is 11. The smallest absolute Gasteiger partial charge is 0.328 e. The summed E-state index contributed by atoms with van der Waals surface area (Å²) in [5, 5.41) is 8.91. The second-order valence-corrected chi connectivity index (χ2v) is 6.50. The highest BCUT2D eigenvalue weighted by Crippen LogP contribution is 2.23. The maximum Gasteiger partial charge on any atom is 0.328 e. The van der Waals surface area contributed by atoms with Gasteiger partial charge in [0.05, 0.1) is 19.5 Å². The minimum absolute atomic E-state index is 0.528. The molecule has 0 amide bonds. The van der Waals surface area contributed by atoms with E-state index in [0.29, 0.717) is 25.5 Å². The fourth-order valence-electron chi connectivity index (χ4n) is 2.78. The van der Waals surface area contributed by atoms with Crippen molar-refractivity contribution >= 4 is 12.0 Å². The molecule has 150 valence electrons. The van der Waals surface area contributed by atoms with Gasteiger partial charge in [0, 0.05) is 30.6 Å². The number of carboxylic acid groups (broad SMARTS) is 1. The first-order valence-electron chi connectivity index (χ1n) is 9.51. The first-order valence-corrected chi connectivity index (χ1v) is 9.51. The van der Waals surface area contributed by atoms with Crippen LogP contribution >= 0.6 is 0 Å². The van der Waals surface area contributed by atoms with Gasteiger partial charge >= 0.3 is 5.97 Å². The molecule has 0 aliphatic carbocycles. The van der Waals surface area contributed by atoms with Crippen molar-refractivity contribution in [2.75, 3.05) is 13.2 Å². The predicted molar refractivity (Wildman–Crippen MR) is 111 cm³/mol. The number of nitrogens with zero attached hydrogens (tertiary/aromatic N) is 2. The lowest BCUT2D eigenvalue weighted by atomic mass is 10.1.